The molecule has 0 atom stereocenters. The van der Waals surface area contributed by atoms with Gasteiger partial charge in [0.25, 0.3) is 20.2 Å². The van der Waals surface area contributed by atoms with Gasteiger partial charge in [0, 0.05) is 22.1 Å². The molecule has 0 saturated carbocycles. The van der Waals surface area contributed by atoms with Crippen LogP contribution in [0, 0.1) is 0 Å². The second kappa shape index (κ2) is 15.4. The Kier molecular flexibility index (Phi) is 11.9. The zero-order valence-corrected chi connectivity index (χ0v) is 27.3. The minimum atomic E-state index is -4.64. The number of methoxy groups -OCH3 is 1. The van der Waals surface area contributed by atoms with Crippen molar-refractivity contribution >= 4 is 89.6 Å². The summed E-state index contributed by atoms with van der Waals surface area (Å²) < 4.78 is 74.6. The highest BCUT2D eigenvalue weighted by molar-refractivity contribution is 7.99. The maximum atomic E-state index is 12.1. The van der Waals surface area contributed by atoms with Crippen LogP contribution in [0.1, 0.15) is 6.42 Å². The third-order valence-corrected chi connectivity index (χ3v) is 9.32. The number of nitrogens with zero attached hydrogens (tertiary/aromatic N) is 5. The number of hydrogen-bond acceptors (Lipinski definition) is 17. The number of fused-ring (bicyclic) bond motifs is 1. The fourth-order valence-corrected chi connectivity index (χ4v) is 6.83. The molecule has 0 unspecified atom stereocenters. The van der Waals surface area contributed by atoms with E-state index in [-0.39, 0.29) is 28.4 Å². The molecule has 21 heteroatoms. The number of rotatable bonds is 15. The van der Waals surface area contributed by atoms with Crippen LogP contribution >= 0.6 is 35.6 Å². The van der Waals surface area contributed by atoms with Crippen molar-refractivity contribution in [3.05, 3.63) is 48.5 Å². The number of ether oxygens (including phenoxy) is 1. The van der Waals surface area contributed by atoms with Crippen LogP contribution in [-0.4, -0.2) is 71.0 Å². The van der Waals surface area contributed by atoms with Gasteiger partial charge in [0.05, 0.1) is 42.0 Å². The first-order valence-electron chi connectivity index (χ1n) is 12.3. The van der Waals surface area contributed by atoms with Crippen molar-refractivity contribution in [2.45, 2.75) is 26.5 Å². The van der Waals surface area contributed by atoms with Gasteiger partial charge in [0.15, 0.2) is 10.3 Å². The molecule has 0 aliphatic rings. The van der Waals surface area contributed by atoms with Crippen LogP contribution in [0.15, 0.2) is 78.9 Å². The quantitative estimate of drug-likeness (QED) is 0.0211. The molecule has 4 aromatic rings. The fourth-order valence-electron chi connectivity index (χ4n) is 3.70. The summed E-state index contributed by atoms with van der Waals surface area (Å²) in [6.07, 6.45) is 2.01. The van der Waals surface area contributed by atoms with E-state index in [2.05, 4.69) is 39.9 Å². The van der Waals surface area contributed by atoms with E-state index in [1.54, 1.807) is 42.7 Å². The van der Waals surface area contributed by atoms with Crippen LogP contribution in [0.4, 0.5) is 23.0 Å². The number of azo groups is 1. The lowest BCUT2D eigenvalue weighted by atomic mass is 10.1. The number of thioether (sulfide) groups is 2. The summed E-state index contributed by atoms with van der Waals surface area (Å²) in [5, 5.41) is 24.8. The second-order valence-corrected chi connectivity index (χ2v) is 14.2. The summed E-state index contributed by atoms with van der Waals surface area (Å²) in [6.45, 7) is 0. The predicted molar refractivity (Wildman–Crippen MR) is 168 cm³/mol. The van der Waals surface area contributed by atoms with Gasteiger partial charge in [-0.15, -0.1) is 4.33 Å². The average molecular weight is 717 g/mol. The highest BCUT2D eigenvalue weighted by Gasteiger charge is 2.17. The van der Waals surface area contributed by atoms with Gasteiger partial charge in [-0.1, -0.05) is 34.6 Å². The maximum absolute atomic E-state index is 12.1. The molecular formula is C24H24N6O10S5. The van der Waals surface area contributed by atoms with Gasteiger partial charge in [-0.25, -0.2) is 5.26 Å². The monoisotopic (exact) mass is 716 g/mol. The van der Waals surface area contributed by atoms with E-state index in [4.69, 9.17) is 14.5 Å². The zero-order valence-electron chi connectivity index (χ0n) is 23.2. The Morgan fingerprint density at radius 2 is 1.64 bits per heavy atom. The van der Waals surface area contributed by atoms with Gasteiger partial charge >= 0.3 is 0 Å². The molecule has 4 rings (SSSR count). The third kappa shape index (κ3) is 10.2. The van der Waals surface area contributed by atoms with Crippen molar-refractivity contribution in [2.24, 2.45) is 10.2 Å². The maximum Gasteiger partial charge on any atom is 0.295 e. The van der Waals surface area contributed by atoms with E-state index in [1.165, 1.54) is 36.7 Å². The van der Waals surface area contributed by atoms with Crippen molar-refractivity contribution in [1.82, 2.24) is 15.0 Å². The van der Waals surface area contributed by atoms with E-state index in [0.717, 1.165) is 6.07 Å². The highest BCUT2D eigenvalue weighted by Crippen LogP contribution is 2.35. The number of nitrogens with one attached hydrogen (secondary N) is 1. The minimum Gasteiger partial charge on any atom is -0.494 e. The third-order valence-electron chi connectivity index (χ3n) is 5.58. The van der Waals surface area contributed by atoms with Crippen molar-refractivity contribution in [1.29, 1.82) is 0 Å². The van der Waals surface area contributed by atoms with Crippen molar-refractivity contribution in [2.75, 3.05) is 30.2 Å². The molecular weight excluding hydrogens is 693 g/mol. The zero-order chi connectivity index (χ0) is 32.6. The standard InChI is InChI=1S/C24H24N6O10S5/c1-38-20-12-16(6-7-19(20)25-22-26-23(41-2)28-24(27-22)42-8-3-9-44(32,33)34)30-29-15-5-4-14-10-17(43-40-39-31)13-21(18(14)11-15)45(35,36)37/h4-7,10-13,31H,3,8-9H2,1-2H3,(H,32,33,34)(H,35,36,37)(H,25,26,27,28)/b30-29+. The van der Waals surface area contributed by atoms with Gasteiger partial charge in [-0.2, -0.15) is 42.0 Å². The van der Waals surface area contributed by atoms with Crippen LogP contribution in [-0.2, 0) is 29.6 Å². The first kappa shape index (κ1) is 34.7. The Labute approximate surface area is 270 Å². The molecule has 0 amide bonds. The summed E-state index contributed by atoms with van der Waals surface area (Å²) in [5.41, 5.74) is 1.20. The molecule has 1 heterocycles. The Hall–Kier alpha value is -3.12. The first-order chi connectivity index (χ1) is 21.4. The largest absolute Gasteiger partial charge is 0.494 e. The van der Waals surface area contributed by atoms with Crippen LogP contribution in [0.25, 0.3) is 10.8 Å². The van der Waals surface area contributed by atoms with E-state index >= 15 is 0 Å². The molecule has 240 valence electrons. The van der Waals surface area contributed by atoms with Crippen molar-refractivity contribution < 1.29 is 45.3 Å². The lowest BCUT2D eigenvalue weighted by Crippen LogP contribution is -2.06. The van der Waals surface area contributed by atoms with Gasteiger partial charge in [0.2, 0.25) is 5.95 Å². The Balaban J connectivity index is 1.54. The lowest BCUT2D eigenvalue weighted by molar-refractivity contribution is -0.432. The molecule has 1 aromatic heterocycles. The topological polar surface area (TPSA) is 232 Å². The summed E-state index contributed by atoms with van der Waals surface area (Å²) in [5.74, 6) is 0.606. The molecule has 0 spiro atoms. The van der Waals surface area contributed by atoms with E-state index in [0.29, 0.717) is 56.3 Å². The second-order valence-electron chi connectivity index (χ2n) is 8.65. The summed E-state index contributed by atoms with van der Waals surface area (Å²) in [4.78, 5) is 12.9. The molecule has 0 saturated heterocycles. The molecule has 0 aliphatic heterocycles. The molecule has 0 fully saturated rings. The van der Waals surface area contributed by atoms with Crippen molar-refractivity contribution in [3.63, 3.8) is 0 Å². The van der Waals surface area contributed by atoms with Gasteiger partial charge in [0.1, 0.15) is 10.6 Å². The molecule has 16 nitrogen and oxygen atoms in total. The number of anilines is 2. The van der Waals surface area contributed by atoms with Crippen LogP contribution in [0.2, 0.25) is 0 Å². The molecule has 0 radical (unpaired) electrons. The van der Waals surface area contributed by atoms with Gasteiger partial charge in [-0.05, 0) is 54.5 Å². The summed E-state index contributed by atoms with van der Waals surface area (Å²) in [6, 6.07) is 12.2. The van der Waals surface area contributed by atoms with Crippen LogP contribution in [0.5, 0.6) is 5.75 Å². The summed E-state index contributed by atoms with van der Waals surface area (Å²) >= 11 is 3.06. The smallest absolute Gasteiger partial charge is 0.295 e. The minimum absolute atomic E-state index is 0.179. The van der Waals surface area contributed by atoms with E-state index < -0.39 is 25.1 Å². The Bertz CT molecular complexity index is 1930. The molecule has 4 N–H and O–H groups in total. The van der Waals surface area contributed by atoms with Crippen LogP contribution < -0.4 is 10.1 Å². The Morgan fingerprint density at radius 3 is 2.31 bits per heavy atom. The normalized spacial score (nSPS) is 12.2. The van der Waals surface area contributed by atoms with E-state index in [1.807, 2.05) is 0 Å². The number of aromatic nitrogens is 3. The lowest BCUT2D eigenvalue weighted by Gasteiger charge is -2.11. The first-order valence-corrected chi connectivity index (χ1v) is 18.3. The Morgan fingerprint density at radius 1 is 0.933 bits per heavy atom. The summed E-state index contributed by atoms with van der Waals surface area (Å²) in [7, 11) is -7.22. The van der Waals surface area contributed by atoms with Gasteiger partial charge in [-0.3, -0.25) is 9.11 Å². The van der Waals surface area contributed by atoms with Gasteiger partial charge < -0.3 is 10.1 Å². The average Bonchev–Trinajstić information content (AvgIpc) is 3.00. The van der Waals surface area contributed by atoms with E-state index in [9.17, 15) is 21.4 Å². The predicted octanol–water partition coefficient (Wildman–Crippen LogP) is 5.96. The van der Waals surface area contributed by atoms with Crippen LogP contribution in [0.3, 0.4) is 0 Å². The van der Waals surface area contributed by atoms with Crippen molar-refractivity contribution in [3.8, 4) is 5.75 Å². The SMILES string of the molecule is COc1cc(/N=N/c2ccc3cc(SOOO)cc(S(=O)(=O)O)c3c2)ccc1Nc1nc(SC)nc(SCCCS(=O)(=O)O)n1. The molecule has 0 bridgehead atoms. The molecule has 45 heavy (non-hydrogen) atoms. The highest BCUT2D eigenvalue weighted by atomic mass is 32.2. The fraction of sp³-hybridized carbons (Fsp3) is 0.208. The molecule has 0 aliphatic carbocycles. The number of hydrogen-bond donors (Lipinski definition) is 4. The molecule has 3 aromatic carbocycles. The number of benzene rings is 3.